The second-order valence-corrected chi connectivity index (χ2v) is 7.60. The number of methoxy groups -OCH3 is 2. The molecule has 6 nitrogen and oxygen atoms in total. The van der Waals surface area contributed by atoms with Crippen LogP contribution in [0.5, 0.6) is 11.5 Å². The number of rotatable bonds is 5. The van der Waals surface area contributed by atoms with Crippen molar-refractivity contribution in [3.05, 3.63) is 53.3 Å². The Balaban J connectivity index is 1.41. The minimum Gasteiger partial charge on any atom is -0.497 e. The Morgan fingerprint density at radius 1 is 1.10 bits per heavy atom. The first-order chi connectivity index (χ1) is 14.3. The molecule has 2 unspecified atom stereocenters. The third-order valence-corrected chi connectivity index (χ3v) is 5.62. The van der Waals surface area contributed by atoms with Crippen LogP contribution in [0.25, 0.3) is 0 Å². The molecule has 3 saturated heterocycles. The van der Waals surface area contributed by atoms with E-state index >= 15 is 0 Å². The van der Waals surface area contributed by atoms with Crippen LogP contribution in [-0.4, -0.2) is 60.1 Å². The van der Waals surface area contributed by atoms with Gasteiger partial charge in [0.15, 0.2) is 0 Å². The van der Waals surface area contributed by atoms with Gasteiger partial charge in [0.2, 0.25) is 0 Å². The van der Waals surface area contributed by atoms with Crippen LogP contribution in [0.2, 0.25) is 0 Å². The normalized spacial score (nSPS) is 21.2. The zero-order valence-corrected chi connectivity index (χ0v) is 16.6. The van der Waals surface area contributed by atoms with Gasteiger partial charge in [-0.25, -0.2) is 0 Å². The molecule has 2 aromatic rings. The van der Waals surface area contributed by atoms with Crippen LogP contribution in [0.4, 0.5) is 13.2 Å². The molecule has 0 saturated carbocycles. The van der Waals surface area contributed by atoms with Crippen LogP contribution in [0, 0.1) is 0 Å². The molecule has 3 aliphatic rings. The van der Waals surface area contributed by atoms with E-state index in [1.54, 1.807) is 18.2 Å². The standard InChI is InChI=1S/C21H22F3N3O3/c1-29-17-5-14(6-18(8-17)30-2)20(28)27-15-7-16(27)12-26(11-15)10-13-3-4-19(25-9-13)21(22,23)24/h3-6,8-9,15-16H,7,10-12H2,1-2H3. The fraction of sp³-hybridized carbons (Fsp3) is 0.429. The number of aromatic nitrogens is 1. The molecule has 0 radical (unpaired) electrons. The van der Waals surface area contributed by atoms with E-state index in [9.17, 15) is 18.0 Å². The molecule has 4 heterocycles. The number of piperazine rings is 1. The predicted molar refractivity (Wildman–Crippen MR) is 102 cm³/mol. The van der Waals surface area contributed by atoms with Crippen molar-refractivity contribution in [1.29, 1.82) is 0 Å². The number of halogens is 3. The van der Waals surface area contributed by atoms with Crippen molar-refractivity contribution in [2.75, 3.05) is 27.3 Å². The van der Waals surface area contributed by atoms with Gasteiger partial charge in [0, 0.05) is 49.5 Å². The third kappa shape index (κ3) is 3.94. The van der Waals surface area contributed by atoms with E-state index in [1.165, 1.54) is 26.5 Å². The van der Waals surface area contributed by atoms with E-state index in [0.717, 1.165) is 18.1 Å². The van der Waals surface area contributed by atoms with Gasteiger partial charge in [0.25, 0.3) is 5.91 Å². The van der Waals surface area contributed by atoms with Crippen LogP contribution in [-0.2, 0) is 12.7 Å². The smallest absolute Gasteiger partial charge is 0.433 e. The Hall–Kier alpha value is -2.81. The minimum absolute atomic E-state index is 0.0655. The molecule has 1 amide bonds. The molecule has 5 rings (SSSR count). The number of carbonyl (C=O) groups is 1. The number of amides is 1. The number of benzene rings is 1. The molecule has 0 spiro atoms. The number of alkyl halides is 3. The SMILES string of the molecule is COc1cc(OC)cc(C(=O)N2C3CC2CN(Cc2ccc(C(F)(F)F)nc2)C3)c1. The second-order valence-electron chi connectivity index (χ2n) is 7.60. The van der Waals surface area contributed by atoms with Crippen molar-refractivity contribution in [2.24, 2.45) is 0 Å². The van der Waals surface area contributed by atoms with Crippen molar-refractivity contribution in [3.63, 3.8) is 0 Å². The monoisotopic (exact) mass is 421 g/mol. The molecule has 1 aromatic carbocycles. The van der Waals surface area contributed by atoms with E-state index in [4.69, 9.17) is 9.47 Å². The molecule has 9 heteroatoms. The summed E-state index contributed by atoms with van der Waals surface area (Å²) in [4.78, 5) is 20.6. The van der Waals surface area contributed by atoms with Crippen LogP contribution < -0.4 is 9.47 Å². The summed E-state index contributed by atoms with van der Waals surface area (Å²) < 4.78 is 48.5. The van der Waals surface area contributed by atoms with Crippen LogP contribution in [0.1, 0.15) is 28.0 Å². The summed E-state index contributed by atoms with van der Waals surface area (Å²) in [5.41, 5.74) is 0.347. The lowest BCUT2D eigenvalue weighted by Gasteiger charge is -2.56. The predicted octanol–water partition coefficient (Wildman–Crippen LogP) is 3.22. The molecule has 2 bridgehead atoms. The highest BCUT2D eigenvalue weighted by atomic mass is 19.4. The fourth-order valence-corrected chi connectivity index (χ4v) is 4.18. The largest absolute Gasteiger partial charge is 0.497 e. The Kier molecular flexibility index (Phi) is 5.31. The van der Waals surface area contributed by atoms with Crippen LogP contribution in [0.3, 0.4) is 0 Å². The third-order valence-electron chi connectivity index (χ3n) is 5.62. The summed E-state index contributed by atoms with van der Waals surface area (Å²) in [5, 5.41) is 0. The average molecular weight is 421 g/mol. The summed E-state index contributed by atoms with van der Waals surface area (Å²) in [5.74, 6) is 1.05. The van der Waals surface area contributed by atoms with Crippen LogP contribution in [0.15, 0.2) is 36.5 Å². The van der Waals surface area contributed by atoms with Crippen molar-refractivity contribution < 1.29 is 27.4 Å². The molecule has 3 fully saturated rings. The average Bonchev–Trinajstić information content (AvgIpc) is 2.73. The van der Waals surface area contributed by atoms with Gasteiger partial charge in [-0.05, 0) is 30.2 Å². The molecule has 0 aliphatic carbocycles. The van der Waals surface area contributed by atoms with E-state index in [-0.39, 0.29) is 18.0 Å². The van der Waals surface area contributed by atoms with Gasteiger partial charge in [-0.15, -0.1) is 0 Å². The topological polar surface area (TPSA) is 54.9 Å². The number of pyridine rings is 1. The first kappa shape index (κ1) is 20.5. The molecule has 0 N–H and O–H groups in total. The van der Waals surface area contributed by atoms with Crippen molar-refractivity contribution in [3.8, 4) is 11.5 Å². The van der Waals surface area contributed by atoms with E-state index in [2.05, 4.69) is 9.88 Å². The zero-order valence-electron chi connectivity index (χ0n) is 16.6. The van der Waals surface area contributed by atoms with Gasteiger partial charge in [0.05, 0.1) is 14.2 Å². The molecule has 2 atom stereocenters. The highest BCUT2D eigenvalue weighted by Gasteiger charge is 2.47. The summed E-state index contributed by atoms with van der Waals surface area (Å²) in [6.07, 6.45) is -2.24. The number of piperidine rings is 1. The lowest BCUT2D eigenvalue weighted by molar-refractivity contribution is -0.141. The quantitative estimate of drug-likeness (QED) is 0.742. The number of carbonyl (C=O) groups excluding carboxylic acids is 1. The Labute approximate surface area is 172 Å². The molecule has 3 aliphatic heterocycles. The lowest BCUT2D eigenvalue weighted by Crippen LogP contribution is -2.69. The van der Waals surface area contributed by atoms with E-state index < -0.39 is 11.9 Å². The van der Waals surface area contributed by atoms with Gasteiger partial charge in [0.1, 0.15) is 17.2 Å². The summed E-state index contributed by atoms with van der Waals surface area (Å²) in [7, 11) is 3.07. The number of hydrogen-bond donors (Lipinski definition) is 0. The van der Waals surface area contributed by atoms with Gasteiger partial charge < -0.3 is 14.4 Å². The van der Waals surface area contributed by atoms with Crippen molar-refractivity contribution in [2.45, 2.75) is 31.2 Å². The fourth-order valence-electron chi connectivity index (χ4n) is 4.18. The highest BCUT2D eigenvalue weighted by Crippen LogP contribution is 2.35. The highest BCUT2D eigenvalue weighted by molar-refractivity contribution is 5.96. The van der Waals surface area contributed by atoms with Crippen LogP contribution >= 0.6 is 0 Å². The second kappa shape index (κ2) is 7.79. The van der Waals surface area contributed by atoms with Gasteiger partial charge >= 0.3 is 6.18 Å². The number of hydrogen-bond acceptors (Lipinski definition) is 5. The summed E-state index contributed by atoms with van der Waals surface area (Å²) in [6, 6.07) is 7.74. The summed E-state index contributed by atoms with van der Waals surface area (Å²) in [6.45, 7) is 1.85. The maximum atomic E-state index is 13.1. The first-order valence-corrected chi connectivity index (χ1v) is 9.58. The molecule has 160 valence electrons. The Morgan fingerprint density at radius 2 is 1.73 bits per heavy atom. The maximum absolute atomic E-state index is 13.1. The van der Waals surface area contributed by atoms with Gasteiger partial charge in [-0.3, -0.25) is 14.7 Å². The number of ether oxygens (including phenoxy) is 2. The van der Waals surface area contributed by atoms with E-state index in [1.807, 2.05) is 4.90 Å². The molecular weight excluding hydrogens is 399 g/mol. The number of fused-ring (bicyclic) bond motifs is 2. The van der Waals surface area contributed by atoms with Crippen molar-refractivity contribution >= 4 is 5.91 Å². The number of nitrogens with zero attached hydrogens (tertiary/aromatic N) is 3. The summed E-state index contributed by atoms with van der Waals surface area (Å²) >= 11 is 0. The maximum Gasteiger partial charge on any atom is 0.433 e. The minimum atomic E-state index is -4.44. The zero-order chi connectivity index (χ0) is 21.5. The Morgan fingerprint density at radius 3 is 2.23 bits per heavy atom. The van der Waals surface area contributed by atoms with E-state index in [0.29, 0.717) is 36.7 Å². The first-order valence-electron chi connectivity index (χ1n) is 9.58. The van der Waals surface area contributed by atoms with Crippen molar-refractivity contribution in [1.82, 2.24) is 14.8 Å². The molecule has 30 heavy (non-hydrogen) atoms. The Bertz CT molecular complexity index is 899. The van der Waals surface area contributed by atoms with Gasteiger partial charge in [-0.2, -0.15) is 13.2 Å². The lowest BCUT2D eigenvalue weighted by atomic mass is 9.86. The molecule has 1 aromatic heterocycles. The molecular formula is C21H22F3N3O3. The van der Waals surface area contributed by atoms with Gasteiger partial charge in [-0.1, -0.05) is 6.07 Å².